The number of unbranched alkanes of at least 4 members (excludes halogenated alkanes) is 2. The summed E-state index contributed by atoms with van der Waals surface area (Å²) in [7, 11) is 0. The highest BCUT2D eigenvalue weighted by atomic mass is 16.7. The number of rotatable bonds is 15. The van der Waals surface area contributed by atoms with E-state index in [0.717, 1.165) is 70.9 Å². The maximum atomic E-state index is 13.6. The van der Waals surface area contributed by atoms with Crippen LogP contribution in [0.1, 0.15) is 133 Å². The highest BCUT2D eigenvalue weighted by Crippen LogP contribution is 2.35. The summed E-state index contributed by atoms with van der Waals surface area (Å²) in [6.45, 7) is 21.2. The predicted octanol–water partition coefficient (Wildman–Crippen LogP) is 6.15. The molecule has 6 atom stereocenters. The minimum absolute atomic E-state index is 0.0187. The molecule has 3 rings (SSSR count). The first kappa shape index (κ1) is 41.6. The molecular weight excluding hydrogens is 628 g/mol. The van der Waals surface area contributed by atoms with E-state index in [9.17, 15) is 14.4 Å². The molecule has 3 fully saturated rings. The van der Waals surface area contributed by atoms with E-state index in [0.29, 0.717) is 19.3 Å². The number of carbonyl (C=O) groups excluding carboxylic acids is 3. The molecule has 0 aliphatic carbocycles. The van der Waals surface area contributed by atoms with Crippen molar-refractivity contribution in [2.75, 3.05) is 32.9 Å². The number of likely N-dealkylation sites (tertiary alicyclic amines) is 1. The van der Waals surface area contributed by atoms with Crippen LogP contribution >= 0.6 is 0 Å². The molecule has 0 spiro atoms. The zero-order valence-corrected chi connectivity index (χ0v) is 32.3. The Morgan fingerprint density at radius 1 is 0.776 bits per heavy atom. The normalized spacial score (nSPS) is 26.7. The molecule has 0 radical (unpaired) electrons. The molecule has 3 heterocycles. The van der Waals surface area contributed by atoms with Gasteiger partial charge in [0, 0.05) is 18.6 Å². The third-order valence-corrected chi connectivity index (χ3v) is 9.44. The molecule has 3 aliphatic rings. The van der Waals surface area contributed by atoms with Gasteiger partial charge in [0.05, 0.1) is 36.1 Å². The first-order valence-electron chi connectivity index (χ1n) is 18.9. The van der Waals surface area contributed by atoms with Crippen molar-refractivity contribution in [1.82, 2.24) is 10.2 Å². The fourth-order valence-corrected chi connectivity index (χ4v) is 6.36. The van der Waals surface area contributed by atoms with Crippen molar-refractivity contribution < 1.29 is 42.8 Å². The smallest absolute Gasteiger partial charge is 0.311 e. The van der Waals surface area contributed by atoms with Gasteiger partial charge in [-0.3, -0.25) is 19.3 Å². The Morgan fingerprint density at radius 3 is 1.96 bits per heavy atom. The maximum Gasteiger partial charge on any atom is 0.311 e. The standard InChI is InChI=1S/C38H68N2O9/c1-11-12-13-17-26(39-20-16-19-29-44-22-23-45-29)24-27-18-14-15-21-40(27)32-31(49-35(43)38(8,9)10)30(48-34(42)37(5,6)7)28(25-46-32)47-33(41)36(2,3)4/h26-32,39H,11-25H2,1-10H3/t26-,27-,28-,30?,31?,32+/m1/s1. The lowest BCUT2D eigenvalue weighted by Crippen LogP contribution is -2.65. The van der Waals surface area contributed by atoms with E-state index in [2.05, 4.69) is 17.1 Å². The summed E-state index contributed by atoms with van der Waals surface area (Å²) in [5.74, 6) is -1.34. The van der Waals surface area contributed by atoms with Crippen LogP contribution in [-0.2, 0) is 42.8 Å². The van der Waals surface area contributed by atoms with E-state index >= 15 is 0 Å². The first-order chi connectivity index (χ1) is 22.9. The summed E-state index contributed by atoms with van der Waals surface area (Å²) in [6.07, 6.45) is 6.60. The number of hydrogen-bond acceptors (Lipinski definition) is 11. The van der Waals surface area contributed by atoms with Crippen molar-refractivity contribution in [3.8, 4) is 0 Å². The fourth-order valence-electron chi connectivity index (χ4n) is 6.36. The number of esters is 3. The van der Waals surface area contributed by atoms with Gasteiger partial charge in [-0.25, -0.2) is 0 Å². The lowest BCUT2D eigenvalue weighted by Gasteiger charge is -2.49. The van der Waals surface area contributed by atoms with Gasteiger partial charge in [0.25, 0.3) is 0 Å². The van der Waals surface area contributed by atoms with Crippen LogP contribution < -0.4 is 5.32 Å². The summed E-state index contributed by atoms with van der Waals surface area (Å²) in [5.41, 5.74) is -2.43. The molecule has 11 nitrogen and oxygen atoms in total. The Hall–Kier alpha value is -1.79. The fraction of sp³-hybridized carbons (Fsp3) is 0.921. The summed E-state index contributed by atoms with van der Waals surface area (Å²) >= 11 is 0. The quantitative estimate of drug-likeness (QED) is 0.121. The summed E-state index contributed by atoms with van der Waals surface area (Å²) in [6, 6.07) is 0.458. The number of hydrogen-bond donors (Lipinski definition) is 1. The number of piperidine rings is 1. The van der Waals surface area contributed by atoms with Gasteiger partial charge in [-0.05, 0) is 107 Å². The van der Waals surface area contributed by atoms with Gasteiger partial charge in [0.15, 0.2) is 30.8 Å². The summed E-state index contributed by atoms with van der Waals surface area (Å²) in [5, 5.41) is 3.84. The van der Waals surface area contributed by atoms with Crippen LogP contribution in [0.3, 0.4) is 0 Å². The molecule has 3 saturated heterocycles. The number of carbonyl (C=O) groups is 3. The molecule has 0 saturated carbocycles. The Labute approximate surface area is 296 Å². The second-order valence-corrected chi connectivity index (χ2v) is 17.2. The molecule has 1 N–H and O–H groups in total. The van der Waals surface area contributed by atoms with Gasteiger partial charge < -0.3 is 33.7 Å². The van der Waals surface area contributed by atoms with Gasteiger partial charge in [-0.15, -0.1) is 0 Å². The largest absolute Gasteiger partial charge is 0.455 e. The molecule has 0 aromatic carbocycles. The summed E-state index contributed by atoms with van der Waals surface area (Å²) in [4.78, 5) is 42.4. The van der Waals surface area contributed by atoms with Crippen molar-refractivity contribution in [3.63, 3.8) is 0 Å². The minimum Gasteiger partial charge on any atom is -0.455 e. The second-order valence-electron chi connectivity index (χ2n) is 17.2. The minimum atomic E-state index is -1.04. The molecule has 3 aliphatic heterocycles. The molecule has 284 valence electrons. The molecule has 0 bridgehead atoms. The molecule has 0 aromatic heterocycles. The van der Waals surface area contributed by atoms with Crippen LogP contribution in [0.4, 0.5) is 0 Å². The maximum absolute atomic E-state index is 13.6. The number of ether oxygens (including phenoxy) is 6. The van der Waals surface area contributed by atoms with Crippen molar-refractivity contribution in [2.24, 2.45) is 16.2 Å². The molecule has 2 unspecified atom stereocenters. The second kappa shape index (κ2) is 18.6. The van der Waals surface area contributed by atoms with Crippen molar-refractivity contribution in [1.29, 1.82) is 0 Å². The zero-order valence-electron chi connectivity index (χ0n) is 32.3. The third-order valence-electron chi connectivity index (χ3n) is 9.44. The van der Waals surface area contributed by atoms with Gasteiger partial charge in [-0.2, -0.15) is 0 Å². The van der Waals surface area contributed by atoms with E-state index in [1.807, 2.05) is 0 Å². The average Bonchev–Trinajstić information content (AvgIpc) is 3.53. The lowest BCUT2D eigenvalue weighted by atomic mass is 9.90. The first-order valence-corrected chi connectivity index (χ1v) is 18.9. The van der Waals surface area contributed by atoms with E-state index in [1.54, 1.807) is 62.3 Å². The van der Waals surface area contributed by atoms with Crippen LogP contribution in [0.2, 0.25) is 0 Å². The van der Waals surface area contributed by atoms with Crippen LogP contribution in [0, 0.1) is 16.2 Å². The van der Waals surface area contributed by atoms with Gasteiger partial charge >= 0.3 is 17.9 Å². The van der Waals surface area contributed by atoms with E-state index in [-0.39, 0.29) is 18.9 Å². The van der Waals surface area contributed by atoms with E-state index < -0.39 is 58.7 Å². The van der Waals surface area contributed by atoms with Crippen LogP contribution in [0.25, 0.3) is 0 Å². The average molecular weight is 697 g/mol. The topological polar surface area (TPSA) is 122 Å². The molecule has 0 aromatic rings. The molecule has 49 heavy (non-hydrogen) atoms. The Morgan fingerprint density at radius 2 is 1.37 bits per heavy atom. The highest BCUT2D eigenvalue weighted by molar-refractivity contribution is 5.77. The van der Waals surface area contributed by atoms with Crippen molar-refractivity contribution in [2.45, 2.75) is 176 Å². The molecular formula is C38H68N2O9. The Kier molecular flexibility index (Phi) is 15.8. The lowest BCUT2D eigenvalue weighted by molar-refractivity contribution is -0.263. The zero-order chi connectivity index (χ0) is 36.4. The number of nitrogens with zero attached hydrogens (tertiary/aromatic N) is 1. The van der Waals surface area contributed by atoms with E-state index in [1.165, 1.54) is 6.42 Å². The van der Waals surface area contributed by atoms with Gasteiger partial charge in [0.2, 0.25) is 0 Å². The highest BCUT2D eigenvalue weighted by Gasteiger charge is 2.52. The van der Waals surface area contributed by atoms with Crippen LogP contribution in [0.5, 0.6) is 0 Å². The van der Waals surface area contributed by atoms with Crippen molar-refractivity contribution in [3.05, 3.63) is 0 Å². The van der Waals surface area contributed by atoms with Gasteiger partial charge in [-0.1, -0.05) is 32.6 Å². The number of nitrogens with one attached hydrogen (secondary N) is 1. The molecule has 0 amide bonds. The molecule has 11 heteroatoms. The SMILES string of the molecule is CCCCC[C@H](C[C@H]1CCCCN1[C@H]1OC[C@@H](OC(=O)C(C)(C)C)C(OC(=O)C(C)(C)C)C1OC(=O)C(C)(C)C)NCCCC1OCCO1. The van der Waals surface area contributed by atoms with Crippen LogP contribution in [0.15, 0.2) is 0 Å². The predicted molar refractivity (Wildman–Crippen MR) is 188 cm³/mol. The Bertz CT molecular complexity index is 1040. The third kappa shape index (κ3) is 13.0. The summed E-state index contributed by atoms with van der Waals surface area (Å²) < 4.78 is 36.3. The Balaban J connectivity index is 1.90. The van der Waals surface area contributed by atoms with E-state index in [4.69, 9.17) is 28.4 Å². The van der Waals surface area contributed by atoms with Crippen LogP contribution in [-0.4, -0.2) is 98.6 Å². The monoisotopic (exact) mass is 696 g/mol. The van der Waals surface area contributed by atoms with Gasteiger partial charge in [0.1, 0.15) is 0 Å². The van der Waals surface area contributed by atoms with Crippen molar-refractivity contribution >= 4 is 17.9 Å².